The van der Waals surface area contributed by atoms with Crippen molar-refractivity contribution in [3.8, 4) is 0 Å². The molecule has 1 aromatic rings. The standard InChI is InChI=1S/C21H25FN2O/c22-14-8-9-24(12-14)11-13-4-3-7-16-18(13)10-19-15-5-1-2-6-17(15)21(25)23-20(16)19/h3,7,13-14H,1-2,4-6,8-12H2,(H,23,25)/t13?,14-/m0/s1. The molecule has 0 bridgehead atoms. The van der Waals surface area contributed by atoms with Crippen LogP contribution in [0.15, 0.2) is 22.5 Å². The summed E-state index contributed by atoms with van der Waals surface area (Å²) in [5.41, 5.74) is 7.65. The molecule has 132 valence electrons. The summed E-state index contributed by atoms with van der Waals surface area (Å²) in [6.45, 7) is 2.41. The highest BCUT2D eigenvalue weighted by atomic mass is 19.1. The van der Waals surface area contributed by atoms with Gasteiger partial charge in [-0.05, 0) is 67.6 Å². The molecule has 1 unspecified atom stereocenters. The van der Waals surface area contributed by atoms with Crippen molar-refractivity contribution in [2.75, 3.05) is 19.6 Å². The van der Waals surface area contributed by atoms with Crippen LogP contribution in [0.4, 0.5) is 4.39 Å². The molecular formula is C21H25FN2O. The zero-order chi connectivity index (χ0) is 17.0. The molecule has 3 aliphatic carbocycles. The highest BCUT2D eigenvalue weighted by molar-refractivity contribution is 5.83. The number of nitrogens with zero attached hydrogens (tertiary/aromatic N) is 1. The number of hydrogen-bond acceptors (Lipinski definition) is 2. The van der Waals surface area contributed by atoms with Gasteiger partial charge >= 0.3 is 0 Å². The zero-order valence-electron chi connectivity index (χ0n) is 14.6. The van der Waals surface area contributed by atoms with Crippen molar-refractivity contribution in [1.29, 1.82) is 0 Å². The third kappa shape index (κ3) is 2.53. The summed E-state index contributed by atoms with van der Waals surface area (Å²) in [7, 11) is 0. The smallest absolute Gasteiger partial charge is 0.251 e. The quantitative estimate of drug-likeness (QED) is 0.898. The number of rotatable bonds is 2. The van der Waals surface area contributed by atoms with E-state index in [0.29, 0.717) is 18.9 Å². The van der Waals surface area contributed by atoms with E-state index in [0.717, 1.165) is 56.5 Å². The molecule has 4 aliphatic rings. The van der Waals surface area contributed by atoms with Gasteiger partial charge in [0.2, 0.25) is 0 Å². The predicted molar refractivity (Wildman–Crippen MR) is 97.5 cm³/mol. The van der Waals surface area contributed by atoms with Gasteiger partial charge in [-0.25, -0.2) is 4.39 Å². The molecule has 1 aliphatic heterocycles. The lowest BCUT2D eigenvalue weighted by molar-refractivity contribution is 0.263. The fourth-order valence-corrected chi connectivity index (χ4v) is 5.27. The number of likely N-dealkylation sites (tertiary alicyclic amines) is 1. The molecule has 0 spiro atoms. The van der Waals surface area contributed by atoms with Crippen molar-refractivity contribution in [2.45, 2.75) is 51.1 Å². The molecule has 0 amide bonds. The number of halogens is 1. The maximum Gasteiger partial charge on any atom is 0.251 e. The van der Waals surface area contributed by atoms with Gasteiger partial charge in [0.05, 0.1) is 5.69 Å². The van der Waals surface area contributed by atoms with Crippen LogP contribution < -0.4 is 5.56 Å². The third-order valence-corrected chi connectivity index (χ3v) is 6.52. The number of aromatic nitrogens is 1. The average Bonchev–Trinajstić information content (AvgIpc) is 3.20. The summed E-state index contributed by atoms with van der Waals surface area (Å²) >= 11 is 0. The maximum atomic E-state index is 13.5. The van der Waals surface area contributed by atoms with Crippen LogP contribution in [-0.2, 0) is 19.3 Å². The molecule has 0 radical (unpaired) electrons. The highest BCUT2D eigenvalue weighted by Crippen LogP contribution is 2.43. The van der Waals surface area contributed by atoms with Crippen LogP contribution in [-0.4, -0.2) is 35.7 Å². The minimum atomic E-state index is -0.656. The summed E-state index contributed by atoms with van der Waals surface area (Å²) in [5.74, 6) is 0.459. The molecule has 0 saturated carbocycles. The van der Waals surface area contributed by atoms with E-state index in [9.17, 15) is 9.18 Å². The number of H-pyrrole nitrogens is 1. The molecule has 1 aromatic heterocycles. The summed E-state index contributed by atoms with van der Waals surface area (Å²) in [5, 5.41) is 0. The van der Waals surface area contributed by atoms with Crippen molar-refractivity contribution in [1.82, 2.24) is 9.88 Å². The molecule has 1 N–H and O–H groups in total. The van der Waals surface area contributed by atoms with E-state index in [1.807, 2.05) is 0 Å². The van der Waals surface area contributed by atoms with Crippen LogP contribution >= 0.6 is 0 Å². The Kier molecular flexibility index (Phi) is 3.70. The van der Waals surface area contributed by atoms with E-state index in [1.54, 1.807) is 0 Å². The predicted octanol–water partition coefficient (Wildman–Crippen LogP) is 3.18. The van der Waals surface area contributed by atoms with Gasteiger partial charge in [-0.3, -0.25) is 9.69 Å². The van der Waals surface area contributed by atoms with E-state index >= 15 is 0 Å². The second-order valence-corrected chi connectivity index (χ2v) is 8.07. The second-order valence-electron chi connectivity index (χ2n) is 8.07. The van der Waals surface area contributed by atoms with Gasteiger partial charge in [0, 0.05) is 25.2 Å². The van der Waals surface area contributed by atoms with E-state index in [-0.39, 0.29) is 5.56 Å². The van der Waals surface area contributed by atoms with Gasteiger partial charge < -0.3 is 4.98 Å². The Bertz CT molecular complexity index is 835. The molecule has 2 atom stereocenters. The molecule has 5 rings (SSSR count). The van der Waals surface area contributed by atoms with E-state index in [1.165, 1.54) is 28.7 Å². The van der Waals surface area contributed by atoms with Crippen LogP contribution in [0.3, 0.4) is 0 Å². The molecule has 1 saturated heterocycles. The Balaban J connectivity index is 1.49. The van der Waals surface area contributed by atoms with E-state index < -0.39 is 6.17 Å². The van der Waals surface area contributed by atoms with Gasteiger partial charge in [0.1, 0.15) is 6.17 Å². The van der Waals surface area contributed by atoms with Crippen LogP contribution in [0.2, 0.25) is 0 Å². The number of pyridine rings is 1. The highest BCUT2D eigenvalue weighted by Gasteiger charge is 2.34. The second kappa shape index (κ2) is 5.94. The number of hydrogen-bond donors (Lipinski definition) is 1. The van der Waals surface area contributed by atoms with E-state index in [2.05, 4.69) is 22.0 Å². The maximum absolute atomic E-state index is 13.5. The Morgan fingerprint density at radius 1 is 1.20 bits per heavy atom. The lowest BCUT2D eigenvalue weighted by atomic mass is 9.86. The van der Waals surface area contributed by atoms with Gasteiger partial charge in [-0.1, -0.05) is 17.7 Å². The largest absolute Gasteiger partial charge is 0.321 e. The number of alkyl halides is 1. The number of nitrogens with one attached hydrogen (secondary N) is 1. The minimum absolute atomic E-state index is 0.123. The summed E-state index contributed by atoms with van der Waals surface area (Å²) in [6.07, 6.45) is 10.8. The molecule has 0 aromatic carbocycles. The fourth-order valence-electron chi connectivity index (χ4n) is 5.27. The summed E-state index contributed by atoms with van der Waals surface area (Å²) in [4.78, 5) is 18.0. The molecule has 25 heavy (non-hydrogen) atoms. The third-order valence-electron chi connectivity index (χ3n) is 6.52. The van der Waals surface area contributed by atoms with E-state index in [4.69, 9.17) is 0 Å². The first kappa shape index (κ1) is 15.6. The van der Waals surface area contributed by atoms with Crippen molar-refractivity contribution >= 4 is 5.57 Å². The Morgan fingerprint density at radius 2 is 2.04 bits per heavy atom. The Labute approximate surface area is 147 Å². The summed E-state index contributed by atoms with van der Waals surface area (Å²) < 4.78 is 13.5. The average molecular weight is 340 g/mol. The SMILES string of the molecule is O=c1[nH]c2c(c3c1CCCC3)CC1=C2C=CCC1CN1CC[C@H](F)C1. The zero-order valence-corrected chi connectivity index (χ0v) is 14.6. The van der Waals surface area contributed by atoms with Gasteiger partial charge in [-0.15, -0.1) is 0 Å². The Hall–Kier alpha value is -1.68. The first-order chi connectivity index (χ1) is 12.2. The lowest BCUT2D eigenvalue weighted by Crippen LogP contribution is -2.29. The molecule has 4 heteroatoms. The molecule has 3 nitrogen and oxygen atoms in total. The fraction of sp³-hybridized carbons (Fsp3) is 0.571. The topological polar surface area (TPSA) is 36.1 Å². The van der Waals surface area contributed by atoms with Crippen molar-refractivity contribution in [3.63, 3.8) is 0 Å². The lowest BCUT2D eigenvalue weighted by Gasteiger charge is -2.26. The van der Waals surface area contributed by atoms with Crippen LogP contribution in [0.5, 0.6) is 0 Å². The molecule has 2 heterocycles. The Morgan fingerprint density at radius 3 is 2.84 bits per heavy atom. The minimum Gasteiger partial charge on any atom is -0.321 e. The monoisotopic (exact) mass is 340 g/mol. The van der Waals surface area contributed by atoms with Crippen LogP contribution in [0.1, 0.15) is 48.1 Å². The normalized spacial score (nSPS) is 28.2. The molecule has 1 fully saturated rings. The number of fused-ring (bicyclic) bond motifs is 4. The first-order valence-corrected chi connectivity index (χ1v) is 9.74. The van der Waals surface area contributed by atoms with Crippen LogP contribution in [0.25, 0.3) is 5.57 Å². The summed E-state index contributed by atoms with van der Waals surface area (Å²) in [6, 6.07) is 0. The van der Waals surface area contributed by atoms with Gasteiger partial charge in [0.15, 0.2) is 0 Å². The van der Waals surface area contributed by atoms with Gasteiger partial charge in [-0.2, -0.15) is 0 Å². The van der Waals surface area contributed by atoms with Crippen molar-refractivity contribution in [3.05, 3.63) is 50.5 Å². The van der Waals surface area contributed by atoms with Crippen molar-refractivity contribution in [2.24, 2.45) is 5.92 Å². The molecular weight excluding hydrogens is 315 g/mol. The number of aromatic amines is 1. The number of allylic oxidation sites excluding steroid dienone is 3. The van der Waals surface area contributed by atoms with Gasteiger partial charge in [0.25, 0.3) is 5.56 Å². The first-order valence-electron chi connectivity index (χ1n) is 9.74. The van der Waals surface area contributed by atoms with Crippen molar-refractivity contribution < 1.29 is 4.39 Å². The van der Waals surface area contributed by atoms with Crippen LogP contribution in [0, 0.1) is 5.92 Å².